The first kappa shape index (κ1) is 25.0. The second-order valence-corrected chi connectivity index (χ2v) is 12.0. The van der Waals surface area contributed by atoms with Crippen LogP contribution in [0.3, 0.4) is 0 Å². The van der Waals surface area contributed by atoms with Crippen LogP contribution in [0.15, 0.2) is 45.9 Å². The molecule has 36 heavy (non-hydrogen) atoms. The molecule has 2 aliphatic heterocycles. The standard InChI is InChI=1S/C31H41N2O3/c1-30(2)12-17-33-18-13-31(3,4)26-27(33)25(30)21-23-20-24(29(34)36-28(23)26)22-10-15-32(16-11-22)14-8-6-7-9-19-35-5/h10-11,15-16,20-21H,6-9,12-14,17-19H2,1-5H3/q+1. The van der Waals surface area contributed by atoms with Gasteiger partial charge in [0.25, 0.3) is 0 Å². The van der Waals surface area contributed by atoms with E-state index in [9.17, 15) is 4.79 Å². The number of aryl methyl sites for hydroxylation is 1. The number of unbranched alkanes of at least 4 members (excludes halogenated alkanes) is 3. The molecular weight excluding hydrogens is 448 g/mol. The monoisotopic (exact) mass is 489 g/mol. The highest BCUT2D eigenvalue weighted by molar-refractivity contribution is 5.92. The largest absolute Gasteiger partial charge is 0.422 e. The van der Waals surface area contributed by atoms with Gasteiger partial charge in [-0.2, -0.15) is 0 Å². The summed E-state index contributed by atoms with van der Waals surface area (Å²) >= 11 is 0. The molecule has 0 radical (unpaired) electrons. The Kier molecular flexibility index (Phi) is 6.71. The Morgan fingerprint density at radius 1 is 0.972 bits per heavy atom. The minimum Gasteiger partial charge on any atom is -0.422 e. The van der Waals surface area contributed by atoms with Crippen molar-refractivity contribution in [3.63, 3.8) is 0 Å². The number of benzene rings is 1. The van der Waals surface area contributed by atoms with E-state index in [1.54, 1.807) is 7.11 Å². The van der Waals surface area contributed by atoms with E-state index in [-0.39, 0.29) is 16.5 Å². The van der Waals surface area contributed by atoms with Crippen LogP contribution in [-0.4, -0.2) is 26.8 Å². The van der Waals surface area contributed by atoms with E-state index in [4.69, 9.17) is 9.15 Å². The number of hydrogen-bond acceptors (Lipinski definition) is 4. The molecule has 192 valence electrons. The van der Waals surface area contributed by atoms with E-state index in [1.807, 2.05) is 12.1 Å². The number of pyridine rings is 1. The van der Waals surface area contributed by atoms with Crippen LogP contribution >= 0.6 is 0 Å². The van der Waals surface area contributed by atoms with Crippen LogP contribution in [0.4, 0.5) is 5.69 Å². The molecule has 2 aromatic heterocycles. The van der Waals surface area contributed by atoms with Crippen LogP contribution in [0.1, 0.15) is 77.3 Å². The lowest BCUT2D eigenvalue weighted by atomic mass is 9.69. The van der Waals surface area contributed by atoms with Gasteiger partial charge in [-0.25, -0.2) is 9.36 Å². The lowest BCUT2D eigenvalue weighted by Gasteiger charge is -2.48. The molecular formula is C31H41N2O3+. The summed E-state index contributed by atoms with van der Waals surface area (Å²) in [5.74, 6) is 0. The minimum absolute atomic E-state index is 0.0349. The molecule has 0 bridgehead atoms. The molecule has 0 amide bonds. The van der Waals surface area contributed by atoms with Crippen LogP contribution < -0.4 is 15.1 Å². The van der Waals surface area contributed by atoms with E-state index in [0.29, 0.717) is 5.56 Å². The summed E-state index contributed by atoms with van der Waals surface area (Å²) in [5, 5.41) is 1.04. The Morgan fingerprint density at radius 2 is 1.67 bits per heavy atom. The Morgan fingerprint density at radius 3 is 2.39 bits per heavy atom. The lowest BCUT2D eigenvalue weighted by Crippen LogP contribution is -2.44. The van der Waals surface area contributed by atoms with Gasteiger partial charge in [-0.05, 0) is 54.2 Å². The summed E-state index contributed by atoms with van der Waals surface area (Å²) in [6.45, 7) is 13.2. The summed E-state index contributed by atoms with van der Waals surface area (Å²) in [4.78, 5) is 15.8. The van der Waals surface area contributed by atoms with Crippen molar-refractivity contribution in [1.82, 2.24) is 0 Å². The van der Waals surface area contributed by atoms with Crippen LogP contribution in [0, 0.1) is 0 Å². The van der Waals surface area contributed by atoms with Gasteiger partial charge in [0.15, 0.2) is 12.4 Å². The smallest absolute Gasteiger partial charge is 0.344 e. The van der Waals surface area contributed by atoms with Crippen molar-refractivity contribution in [2.45, 2.75) is 83.6 Å². The zero-order valence-electron chi connectivity index (χ0n) is 22.7. The average molecular weight is 490 g/mol. The first-order valence-corrected chi connectivity index (χ1v) is 13.6. The van der Waals surface area contributed by atoms with Gasteiger partial charge in [0, 0.05) is 67.6 Å². The molecule has 0 unspecified atom stereocenters. The van der Waals surface area contributed by atoms with Crippen LogP contribution in [0.25, 0.3) is 22.1 Å². The fraction of sp³-hybridized carbons (Fsp3) is 0.548. The Hall–Kier alpha value is -2.66. The minimum atomic E-state index is -0.252. The number of ether oxygens (including phenoxy) is 1. The number of aromatic nitrogens is 1. The number of anilines is 1. The summed E-state index contributed by atoms with van der Waals surface area (Å²) in [6, 6.07) is 8.44. The maximum atomic E-state index is 13.3. The zero-order valence-corrected chi connectivity index (χ0v) is 22.7. The van der Waals surface area contributed by atoms with Gasteiger partial charge in [0.2, 0.25) is 0 Å². The third kappa shape index (κ3) is 4.58. The van der Waals surface area contributed by atoms with Gasteiger partial charge in [0.1, 0.15) is 12.1 Å². The lowest BCUT2D eigenvalue weighted by molar-refractivity contribution is -0.697. The van der Waals surface area contributed by atoms with E-state index in [0.717, 1.165) is 68.5 Å². The van der Waals surface area contributed by atoms with Crippen molar-refractivity contribution in [2.24, 2.45) is 0 Å². The summed E-state index contributed by atoms with van der Waals surface area (Å²) < 4.78 is 13.5. The van der Waals surface area contributed by atoms with E-state index < -0.39 is 0 Å². The Balaban J connectivity index is 1.49. The van der Waals surface area contributed by atoms with Gasteiger partial charge in [-0.15, -0.1) is 0 Å². The van der Waals surface area contributed by atoms with E-state index >= 15 is 0 Å². The normalized spacial score (nSPS) is 17.9. The molecule has 2 aliphatic rings. The fourth-order valence-electron chi connectivity index (χ4n) is 6.03. The third-order valence-electron chi connectivity index (χ3n) is 8.45. The molecule has 3 aromatic rings. The number of rotatable bonds is 8. The van der Waals surface area contributed by atoms with Crippen LogP contribution in [-0.2, 0) is 22.1 Å². The highest BCUT2D eigenvalue weighted by Crippen LogP contribution is 2.51. The molecule has 0 saturated carbocycles. The summed E-state index contributed by atoms with van der Waals surface area (Å²) in [6.07, 6.45) is 11.0. The van der Waals surface area contributed by atoms with Gasteiger partial charge < -0.3 is 14.1 Å². The maximum Gasteiger partial charge on any atom is 0.344 e. The van der Waals surface area contributed by atoms with Gasteiger partial charge in [-0.3, -0.25) is 0 Å². The Labute approximate surface area is 215 Å². The quantitative estimate of drug-likeness (QED) is 0.217. The number of nitrogens with zero attached hydrogens (tertiary/aromatic N) is 2. The molecule has 0 spiro atoms. The molecule has 0 atom stereocenters. The highest BCUT2D eigenvalue weighted by Gasteiger charge is 2.41. The number of methoxy groups -OCH3 is 1. The van der Waals surface area contributed by atoms with Crippen molar-refractivity contribution in [3.05, 3.63) is 58.2 Å². The molecule has 0 saturated heterocycles. The predicted molar refractivity (Wildman–Crippen MR) is 146 cm³/mol. The van der Waals surface area contributed by atoms with Crippen molar-refractivity contribution in [1.29, 1.82) is 0 Å². The van der Waals surface area contributed by atoms with Crippen LogP contribution in [0.5, 0.6) is 0 Å². The molecule has 4 heterocycles. The second kappa shape index (κ2) is 9.66. The third-order valence-corrected chi connectivity index (χ3v) is 8.45. The molecule has 0 aliphatic carbocycles. The van der Waals surface area contributed by atoms with Crippen molar-refractivity contribution >= 4 is 16.7 Å². The van der Waals surface area contributed by atoms with Gasteiger partial charge in [-0.1, -0.05) is 34.1 Å². The SMILES string of the molecule is COCCCCCC[n+]1ccc(-c2cc3cc4c5c(c3oc2=O)C(C)(C)CCN5CCC4(C)C)cc1. The fourth-order valence-corrected chi connectivity index (χ4v) is 6.03. The number of fused-ring (bicyclic) bond motifs is 2. The van der Waals surface area contributed by atoms with E-state index in [2.05, 4.69) is 61.7 Å². The average Bonchev–Trinajstić information content (AvgIpc) is 2.84. The molecule has 1 aromatic carbocycles. The molecule has 5 heteroatoms. The molecule has 5 rings (SSSR count). The predicted octanol–water partition coefficient (Wildman–Crippen LogP) is 6.12. The number of hydrogen-bond donors (Lipinski definition) is 0. The van der Waals surface area contributed by atoms with Gasteiger partial charge >= 0.3 is 5.63 Å². The summed E-state index contributed by atoms with van der Waals surface area (Å²) in [5.41, 5.74) is 6.05. The van der Waals surface area contributed by atoms with Crippen molar-refractivity contribution in [3.8, 4) is 11.1 Å². The summed E-state index contributed by atoms with van der Waals surface area (Å²) in [7, 11) is 1.76. The molecule has 0 fully saturated rings. The maximum absolute atomic E-state index is 13.3. The van der Waals surface area contributed by atoms with Crippen molar-refractivity contribution < 1.29 is 13.7 Å². The van der Waals surface area contributed by atoms with Crippen molar-refractivity contribution in [2.75, 3.05) is 31.7 Å². The first-order valence-electron chi connectivity index (χ1n) is 13.6. The van der Waals surface area contributed by atoms with Crippen LogP contribution in [0.2, 0.25) is 0 Å². The Bertz CT molecular complexity index is 1300. The zero-order chi connectivity index (χ0) is 25.5. The van der Waals surface area contributed by atoms with E-state index in [1.165, 1.54) is 29.7 Å². The molecule has 5 nitrogen and oxygen atoms in total. The highest BCUT2D eigenvalue weighted by atomic mass is 16.5. The first-order chi connectivity index (χ1) is 17.2. The second-order valence-electron chi connectivity index (χ2n) is 12.0. The topological polar surface area (TPSA) is 46.6 Å². The van der Waals surface area contributed by atoms with Gasteiger partial charge in [0.05, 0.1) is 5.56 Å². The molecule has 0 N–H and O–H groups in total.